The standard InChI is InChI=1S/C12H18N2O3S/c1-8-10(18-7-13-8)9(15)6-14(5)11(16)17-12(2,3)4/h7H,6H2,1-5H3. The molecule has 18 heavy (non-hydrogen) atoms. The van der Waals surface area contributed by atoms with Crippen LogP contribution >= 0.6 is 11.3 Å². The first-order valence-electron chi connectivity index (χ1n) is 5.58. The van der Waals surface area contributed by atoms with Gasteiger partial charge in [-0.2, -0.15) is 0 Å². The molecule has 0 aliphatic rings. The molecule has 1 aromatic heterocycles. The van der Waals surface area contributed by atoms with E-state index in [9.17, 15) is 9.59 Å². The fourth-order valence-electron chi connectivity index (χ4n) is 1.26. The van der Waals surface area contributed by atoms with Gasteiger partial charge < -0.3 is 9.64 Å². The normalized spacial score (nSPS) is 11.2. The van der Waals surface area contributed by atoms with Crippen LogP contribution in [0.1, 0.15) is 36.1 Å². The Morgan fingerprint density at radius 3 is 2.50 bits per heavy atom. The van der Waals surface area contributed by atoms with Gasteiger partial charge in [0.25, 0.3) is 0 Å². The molecule has 1 aromatic rings. The second-order valence-corrected chi connectivity index (χ2v) is 5.88. The number of aromatic nitrogens is 1. The van der Waals surface area contributed by atoms with Crippen molar-refractivity contribution >= 4 is 23.2 Å². The number of hydrogen-bond acceptors (Lipinski definition) is 5. The Hall–Kier alpha value is -1.43. The molecular weight excluding hydrogens is 252 g/mol. The summed E-state index contributed by atoms with van der Waals surface area (Å²) < 4.78 is 5.17. The molecular formula is C12H18N2O3S. The molecule has 0 aromatic carbocycles. The van der Waals surface area contributed by atoms with Crippen LogP contribution in [0.25, 0.3) is 0 Å². The van der Waals surface area contributed by atoms with Crippen molar-refractivity contribution in [2.24, 2.45) is 0 Å². The topological polar surface area (TPSA) is 59.5 Å². The predicted octanol–water partition coefficient (Wildman–Crippen LogP) is 2.50. The average molecular weight is 270 g/mol. The van der Waals surface area contributed by atoms with Crippen LogP contribution in [-0.4, -0.2) is 41.0 Å². The highest BCUT2D eigenvalue weighted by Crippen LogP contribution is 2.14. The second kappa shape index (κ2) is 5.48. The average Bonchev–Trinajstić information content (AvgIpc) is 2.61. The molecule has 1 rings (SSSR count). The van der Waals surface area contributed by atoms with Crippen LogP contribution in [0.4, 0.5) is 4.79 Å². The lowest BCUT2D eigenvalue weighted by Crippen LogP contribution is -2.37. The maximum Gasteiger partial charge on any atom is 0.410 e. The van der Waals surface area contributed by atoms with E-state index in [0.717, 1.165) is 0 Å². The third-order valence-corrected chi connectivity index (χ3v) is 3.05. The fraction of sp³-hybridized carbons (Fsp3) is 0.583. The quantitative estimate of drug-likeness (QED) is 0.792. The lowest BCUT2D eigenvalue weighted by molar-refractivity contribution is 0.0295. The number of carbonyl (C=O) groups is 2. The molecule has 5 nitrogen and oxygen atoms in total. The molecule has 0 bridgehead atoms. The molecule has 0 saturated carbocycles. The number of rotatable bonds is 3. The van der Waals surface area contributed by atoms with Crippen molar-refractivity contribution in [2.75, 3.05) is 13.6 Å². The van der Waals surface area contributed by atoms with E-state index < -0.39 is 11.7 Å². The highest BCUT2D eigenvalue weighted by Gasteiger charge is 2.22. The number of nitrogens with zero attached hydrogens (tertiary/aromatic N) is 2. The Labute approximate surface area is 111 Å². The lowest BCUT2D eigenvalue weighted by Gasteiger charge is -2.24. The van der Waals surface area contributed by atoms with E-state index >= 15 is 0 Å². The monoisotopic (exact) mass is 270 g/mol. The fourth-order valence-corrected chi connectivity index (χ4v) is 2.00. The van der Waals surface area contributed by atoms with E-state index in [0.29, 0.717) is 10.6 Å². The maximum absolute atomic E-state index is 11.9. The van der Waals surface area contributed by atoms with Gasteiger partial charge in [0.1, 0.15) is 5.60 Å². The van der Waals surface area contributed by atoms with Crippen LogP contribution < -0.4 is 0 Å². The molecule has 0 saturated heterocycles. The van der Waals surface area contributed by atoms with Crippen LogP contribution in [0.15, 0.2) is 5.51 Å². The molecule has 0 aliphatic carbocycles. The zero-order valence-electron chi connectivity index (χ0n) is 11.3. The Balaban J connectivity index is 2.60. The SMILES string of the molecule is Cc1ncsc1C(=O)CN(C)C(=O)OC(C)(C)C. The zero-order chi connectivity index (χ0) is 13.9. The van der Waals surface area contributed by atoms with Gasteiger partial charge in [-0.1, -0.05) is 0 Å². The number of aryl methyl sites for hydroxylation is 1. The van der Waals surface area contributed by atoms with Gasteiger partial charge in [-0.3, -0.25) is 4.79 Å². The molecule has 0 N–H and O–H groups in total. The molecule has 0 spiro atoms. The van der Waals surface area contributed by atoms with E-state index in [1.54, 1.807) is 40.3 Å². The molecule has 0 unspecified atom stereocenters. The minimum absolute atomic E-state index is 0.00204. The third-order valence-electron chi connectivity index (χ3n) is 2.08. The summed E-state index contributed by atoms with van der Waals surface area (Å²) in [5.74, 6) is -0.122. The summed E-state index contributed by atoms with van der Waals surface area (Å²) in [7, 11) is 1.54. The van der Waals surface area contributed by atoms with Gasteiger partial charge >= 0.3 is 6.09 Å². The summed E-state index contributed by atoms with van der Waals surface area (Å²) in [4.78, 5) is 29.5. The van der Waals surface area contributed by atoms with Crippen molar-refractivity contribution in [1.29, 1.82) is 0 Å². The van der Waals surface area contributed by atoms with Crippen molar-refractivity contribution in [2.45, 2.75) is 33.3 Å². The number of thiazole rings is 1. The highest BCUT2D eigenvalue weighted by molar-refractivity contribution is 7.12. The summed E-state index contributed by atoms with van der Waals surface area (Å²) in [6, 6.07) is 0. The van der Waals surface area contributed by atoms with Gasteiger partial charge in [-0.25, -0.2) is 9.78 Å². The molecule has 0 radical (unpaired) electrons. The molecule has 100 valence electrons. The summed E-state index contributed by atoms with van der Waals surface area (Å²) >= 11 is 1.29. The Bertz CT molecular complexity index is 448. The van der Waals surface area contributed by atoms with E-state index in [1.807, 2.05) is 0 Å². The zero-order valence-corrected chi connectivity index (χ0v) is 12.1. The molecule has 6 heteroatoms. The van der Waals surface area contributed by atoms with E-state index in [2.05, 4.69) is 4.98 Å². The first-order valence-corrected chi connectivity index (χ1v) is 6.46. The number of ether oxygens (including phenoxy) is 1. The van der Waals surface area contributed by atoms with Gasteiger partial charge in [-0.15, -0.1) is 11.3 Å². The van der Waals surface area contributed by atoms with Crippen LogP contribution in [0.5, 0.6) is 0 Å². The molecule has 0 fully saturated rings. The Kier molecular flexibility index (Phi) is 4.45. The van der Waals surface area contributed by atoms with Gasteiger partial charge in [0.05, 0.1) is 22.6 Å². The van der Waals surface area contributed by atoms with E-state index in [4.69, 9.17) is 4.74 Å². The second-order valence-electron chi connectivity index (χ2n) is 5.03. The molecule has 1 heterocycles. The number of likely N-dealkylation sites (N-methyl/N-ethyl adjacent to an activating group) is 1. The minimum Gasteiger partial charge on any atom is -0.444 e. The Morgan fingerprint density at radius 2 is 2.06 bits per heavy atom. The largest absolute Gasteiger partial charge is 0.444 e. The Morgan fingerprint density at radius 1 is 1.44 bits per heavy atom. The van der Waals surface area contributed by atoms with Crippen LogP contribution in [0.2, 0.25) is 0 Å². The van der Waals surface area contributed by atoms with E-state index in [-0.39, 0.29) is 12.3 Å². The van der Waals surface area contributed by atoms with Crippen molar-refractivity contribution in [3.8, 4) is 0 Å². The molecule has 0 atom stereocenters. The van der Waals surface area contributed by atoms with Crippen molar-refractivity contribution in [3.63, 3.8) is 0 Å². The minimum atomic E-state index is -0.561. The number of carbonyl (C=O) groups excluding carboxylic acids is 2. The van der Waals surface area contributed by atoms with Crippen molar-refractivity contribution in [3.05, 3.63) is 16.1 Å². The number of Topliss-reactive ketones (excluding diaryl/α,β-unsaturated/α-hetero) is 1. The summed E-state index contributed by atoms with van der Waals surface area (Å²) in [5.41, 5.74) is 1.76. The number of amides is 1. The highest BCUT2D eigenvalue weighted by atomic mass is 32.1. The summed E-state index contributed by atoms with van der Waals surface area (Å²) in [6.07, 6.45) is -0.502. The van der Waals surface area contributed by atoms with Crippen molar-refractivity contribution in [1.82, 2.24) is 9.88 Å². The van der Waals surface area contributed by atoms with Gasteiger partial charge in [0.2, 0.25) is 0 Å². The summed E-state index contributed by atoms with van der Waals surface area (Å²) in [6.45, 7) is 7.13. The number of hydrogen-bond donors (Lipinski definition) is 0. The maximum atomic E-state index is 11.9. The van der Waals surface area contributed by atoms with E-state index in [1.165, 1.54) is 16.2 Å². The van der Waals surface area contributed by atoms with Crippen LogP contribution in [0, 0.1) is 6.92 Å². The van der Waals surface area contributed by atoms with Gasteiger partial charge in [0, 0.05) is 7.05 Å². The third kappa shape index (κ3) is 4.10. The molecule has 0 aliphatic heterocycles. The van der Waals surface area contributed by atoms with Crippen molar-refractivity contribution < 1.29 is 14.3 Å². The van der Waals surface area contributed by atoms with Gasteiger partial charge in [0.15, 0.2) is 5.78 Å². The number of ketones is 1. The van der Waals surface area contributed by atoms with Gasteiger partial charge in [-0.05, 0) is 27.7 Å². The lowest BCUT2D eigenvalue weighted by atomic mass is 10.2. The molecule has 1 amide bonds. The first kappa shape index (κ1) is 14.6. The predicted molar refractivity (Wildman–Crippen MR) is 70.0 cm³/mol. The summed E-state index contributed by atoms with van der Waals surface area (Å²) in [5, 5.41) is 0. The smallest absolute Gasteiger partial charge is 0.410 e. The first-order chi connectivity index (χ1) is 8.20. The van der Waals surface area contributed by atoms with Crippen LogP contribution in [-0.2, 0) is 4.74 Å². The van der Waals surface area contributed by atoms with Crippen LogP contribution in [0.3, 0.4) is 0 Å².